The van der Waals surface area contributed by atoms with Crippen LogP contribution in [0.2, 0.25) is 15.1 Å². The molecule has 1 N–H and O–H groups in total. The third-order valence-corrected chi connectivity index (χ3v) is 5.12. The molecule has 1 heterocycles. The lowest BCUT2D eigenvalue weighted by Crippen LogP contribution is -2.41. The van der Waals surface area contributed by atoms with Crippen LogP contribution in [0, 0.1) is 5.92 Å². The minimum Gasteiger partial charge on any atom is -0.381 e. The maximum absolute atomic E-state index is 6.22. The predicted octanol–water partition coefficient (Wildman–Crippen LogP) is 5.18. The Labute approximate surface area is 136 Å². The molecule has 1 aliphatic heterocycles. The van der Waals surface area contributed by atoms with Gasteiger partial charge in [-0.2, -0.15) is 0 Å². The van der Waals surface area contributed by atoms with E-state index < -0.39 is 0 Å². The van der Waals surface area contributed by atoms with Crippen LogP contribution >= 0.6 is 34.8 Å². The molecule has 0 aromatic heterocycles. The van der Waals surface area contributed by atoms with E-state index in [1.165, 1.54) is 19.4 Å². The van der Waals surface area contributed by atoms with Crippen molar-refractivity contribution in [3.63, 3.8) is 0 Å². The van der Waals surface area contributed by atoms with Crippen LogP contribution in [-0.4, -0.2) is 30.6 Å². The topological polar surface area (TPSA) is 15.3 Å². The fraction of sp³-hybridized carbons (Fsp3) is 0.600. The van der Waals surface area contributed by atoms with E-state index in [4.69, 9.17) is 34.8 Å². The largest absolute Gasteiger partial charge is 0.381 e. The van der Waals surface area contributed by atoms with Crippen molar-refractivity contribution in [2.45, 2.75) is 32.7 Å². The van der Waals surface area contributed by atoms with Gasteiger partial charge in [0, 0.05) is 12.6 Å². The zero-order chi connectivity index (χ0) is 14.7. The zero-order valence-corrected chi connectivity index (χ0v) is 14.2. The summed E-state index contributed by atoms with van der Waals surface area (Å²) in [6.07, 6.45) is 2.52. The van der Waals surface area contributed by atoms with Gasteiger partial charge in [-0.15, -0.1) is 0 Å². The fourth-order valence-corrected chi connectivity index (χ4v) is 3.38. The maximum Gasteiger partial charge on any atom is 0.0653 e. The molecule has 0 spiro atoms. The van der Waals surface area contributed by atoms with Crippen molar-refractivity contribution in [1.29, 1.82) is 0 Å². The summed E-state index contributed by atoms with van der Waals surface area (Å²) in [7, 11) is 0. The fourth-order valence-electron chi connectivity index (χ4n) is 2.78. The van der Waals surface area contributed by atoms with E-state index in [0.29, 0.717) is 27.0 Å². The molecule has 0 radical (unpaired) electrons. The number of piperidine rings is 1. The Morgan fingerprint density at radius 1 is 1.25 bits per heavy atom. The second kappa shape index (κ2) is 7.22. The Morgan fingerprint density at radius 3 is 2.65 bits per heavy atom. The lowest BCUT2D eigenvalue weighted by Gasteiger charge is -2.36. The number of hydrogen-bond donors (Lipinski definition) is 1. The molecule has 2 rings (SSSR count). The van der Waals surface area contributed by atoms with Gasteiger partial charge in [-0.3, -0.25) is 0 Å². The Hall–Kier alpha value is -0.150. The normalized spacial score (nSPS) is 21.8. The van der Waals surface area contributed by atoms with Crippen molar-refractivity contribution in [2.75, 3.05) is 25.0 Å². The van der Waals surface area contributed by atoms with Gasteiger partial charge in [-0.25, -0.2) is 0 Å². The van der Waals surface area contributed by atoms with Crippen molar-refractivity contribution in [1.82, 2.24) is 4.90 Å². The standard InChI is InChI=1S/C15H21Cl3N2/c1-3-20-6-4-5-11(9-20)10(2)19-15-8-13(17)12(16)7-14(15)18/h7-8,10-11,19H,3-6,9H2,1-2H3. The molecule has 1 saturated heterocycles. The first-order valence-electron chi connectivity index (χ1n) is 7.14. The SMILES string of the molecule is CCN1CCCC(C(C)Nc2cc(Cl)c(Cl)cc2Cl)C1. The number of benzene rings is 1. The summed E-state index contributed by atoms with van der Waals surface area (Å²) in [5.74, 6) is 0.634. The summed E-state index contributed by atoms with van der Waals surface area (Å²) >= 11 is 18.2. The van der Waals surface area contributed by atoms with Gasteiger partial charge in [-0.1, -0.05) is 41.7 Å². The van der Waals surface area contributed by atoms with E-state index in [1.807, 2.05) is 6.07 Å². The molecule has 0 bridgehead atoms. The van der Waals surface area contributed by atoms with E-state index in [1.54, 1.807) is 6.07 Å². The highest BCUT2D eigenvalue weighted by atomic mass is 35.5. The molecule has 1 aromatic carbocycles. The Kier molecular flexibility index (Phi) is 5.85. The van der Waals surface area contributed by atoms with E-state index >= 15 is 0 Å². The lowest BCUT2D eigenvalue weighted by molar-refractivity contribution is 0.172. The minimum absolute atomic E-state index is 0.360. The number of anilines is 1. The second-order valence-electron chi connectivity index (χ2n) is 5.47. The smallest absolute Gasteiger partial charge is 0.0653 e. The van der Waals surface area contributed by atoms with Gasteiger partial charge < -0.3 is 10.2 Å². The molecule has 1 aliphatic rings. The first-order chi connectivity index (χ1) is 9.51. The number of halogens is 3. The quantitative estimate of drug-likeness (QED) is 0.763. The van der Waals surface area contributed by atoms with E-state index in [-0.39, 0.29) is 0 Å². The van der Waals surface area contributed by atoms with E-state index in [9.17, 15) is 0 Å². The van der Waals surface area contributed by atoms with Crippen molar-refractivity contribution in [3.05, 3.63) is 27.2 Å². The Morgan fingerprint density at radius 2 is 1.95 bits per heavy atom. The molecule has 20 heavy (non-hydrogen) atoms. The summed E-state index contributed by atoms with van der Waals surface area (Å²) in [6.45, 7) is 7.91. The van der Waals surface area contributed by atoms with Crippen LogP contribution in [0.1, 0.15) is 26.7 Å². The molecule has 2 nitrogen and oxygen atoms in total. The van der Waals surface area contributed by atoms with Gasteiger partial charge in [0.1, 0.15) is 0 Å². The summed E-state index contributed by atoms with van der Waals surface area (Å²) in [6, 6.07) is 3.86. The van der Waals surface area contributed by atoms with E-state index in [0.717, 1.165) is 18.8 Å². The first kappa shape index (κ1) is 16.2. The van der Waals surface area contributed by atoms with Gasteiger partial charge in [0.25, 0.3) is 0 Å². The summed E-state index contributed by atoms with van der Waals surface area (Å²) in [5.41, 5.74) is 0.863. The number of hydrogen-bond acceptors (Lipinski definition) is 2. The molecule has 5 heteroatoms. The number of rotatable bonds is 4. The third-order valence-electron chi connectivity index (χ3n) is 4.09. The Balaban J connectivity index is 2.04. The van der Waals surface area contributed by atoms with Crippen LogP contribution in [0.5, 0.6) is 0 Å². The van der Waals surface area contributed by atoms with Crippen molar-refractivity contribution in [3.8, 4) is 0 Å². The molecule has 2 atom stereocenters. The minimum atomic E-state index is 0.360. The van der Waals surface area contributed by atoms with Crippen LogP contribution in [0.4, 0.5) is 5.69 Å². The number of likely N-dealkylation sites (tertiary alicyclic amines) is 1. The molecular formula is C15H21Cl3N2. The lowest BCUT2D eigenvalue weighted by atomic mass is 9.91. The molecule has 0 amide bonds. The summed E-state index contributed by atoms with van der Waals surface area (Å²) in [5, 5.41) is 5.13. The van der Waals surface area contributed by atoms with Crippen molar-refractivity contribution < 1.29 is 0 Å². The van der Waals surface area contributed by atoms with Crippen molar-refractivity contribution in [2.24, 2.45) is 5.92 Å². The van der Waals surface area contributed by atoms with Crippen LogP contribution in [0.15, 0.2) is 12.1 Å². The van der Waals surface area contributed by atoms with Gasteiger partial charge >= 0.3 is 0 Å². The van der Waals surface area contributed by atoms with E-state index in [2.05, 4.69) is 24.1 Å². The van der Waals surface area contributed by atoms with Gasteiger partial charge in [-0.05, 0) is 50.9 Å². The highest BCUT2D eigenvalue weighted by Gasteiger charge is 2.24. The summed E-state index contributed by atoms with van der Waals surface area (Å²) in [4.78, 5) is 2.50. The average Bonchev–Trinajstić information content (AvgIpc) is 2.44. The molecule has 1 aromatic rings. The molecular weight excluding hydrogens is 315 g/mol. The molecule has 0 aliphatic carbocycles. The first-order valence-corrected chi connectivity index (χ1v) is 8.28. The molecule has 0 saturated carbocycles. The predicted molar refractivity (Wildman–Crippen MR) is 89.4 cm³/mol. The highest BCUT2D eigenvalue weighted by molar-refractivity contribution is 6.44. The molecule has 2 unspecified atom stereocenters. The van der Waals surface area contributed by atoms with Gasteiger partial charge in [0.2, 0.25) is 0 Å². The zero-order valence-electron chi connectivity index (χ0n) is 11.9. The van der Waals surface area contributed by atoms with Crippen LogP contribution < -0.4 is 5.32 Å². The average molecular weight is 336 g/mol. The Bertz CT molecular complexity index is 465. The summed E-state index contributed by atoms with van der Waals surface area (Å²) < 4.78 is 0. The van der Waals surface area contributed by atoms with Gasteiger partial charge in [0.15, 0.2) is 0 Å². The highest BCUT2D eigenvalue weighted by Crippen LogP contribution is 2.33. The van der Waals surface area contributed by atoms with Crippen LogP contribution in [0.25, 0.3) is 0 Å². The van der Waals surface area contributed by atoms with Crippen molar-refractivity contribution >= 4 is 40.5 Å². The monoisotopic (exact) mass is 334 g/mol. The van der Waals surface area contributed by atoms with Crippen LogP contribution in [-0.2, 0) is 0 Å². The third kappa shape index (κ3) is 3.94. The van der Waals surface area contributed by atoms with Crippen LogP contribution in [0.3, 0.4) is 0 Å². The van der Waals surface area contributed by atoms with Gasteiger partial charge in [0.05, 0.1) is 20.8 Å². The number of nitrogens with zero attached hydrogens (tertiary/aromatic N) is 1. The molecule has 1 fully saturated rings. The number of nitrogens with one attached hydrogen (secondary N) is 1. The second-order valence-corrected chi connectivity index (χ2v) is 6.70. The molecule has 112 valence electrons. The maximum atomic E-state index is 6.22.